The van der Waals surface area contributed by atoms with Crippen LogP contribution in [0.15, 0.2) is 30.5 Å². The Bertz CT molecular complexity index is 2050. The Morgan fingerprint density at radius 3 is 2.65 bits per heavy atom. The summed E-state index contributed by atoms with van der Waals surface area (Å²) in [5, 5.41) is 23.0. The molecule has 52 heavy (non-hydrogen) atoms. The maximum atomic E-state index is 17.0. The predicted molar refractivity (Wildman–Crippen MR) is 192 cm³/mol. The highest BCUT2D eigenvalue weighted by Gasteiger charge is 2.52. The third-order valence-corrected chi connectivity index (χ3v) is 11.7. The van der Waals surface area contributed by atoms with Gasteiger partial charge in [0.05, 0.1) is 16.5 Å². The third-order valence-electron chi connectivity index (χ3n) is 11.7. The zero-order valence-electron chi connectivity index (χ0n) is 30.0. The van der Waals surface area contributed by atoms with Crippen LogP contribution in [0.2, 0.25) is 0 Å². The van der Waals surface area contributed by atoms with Crippen molar-refractivity contribution in [1.29, 1.82) is 0 Å². The number of phenolic OH excluding ortho intramolecular Hbond substituents is 1. The lowest BCUT2D eigenvalue weighted by Gasteiger charge is -2.38. The number of halogens is 2. The first-order chi connectivity index (χ1) is 25.0. The first kappa shape index (κ1) is 34.7. The average molecular weight is 717 g/mol. The van der Waals surface area contributed by atoms with E-state index in [0.29, 0.717) is 66.3 Å². The van der Waals surface area contributed by atoms with Crippen LogP contribution in [-0.4, -0.2) is 97.3 Å². The summed E-state index contributed by atoms with van der Waals surface area (Å²) in [6.07, 6.45) is 7.74. The van der Waals surface area contributed by atoms with Crippen molar-refractivity contribution in [3.63, 3.8) is 0 Å². The van der Waals surface area contributed by atoms with Crippen LogP contribution in [0.1, 0.15) is 77.7 Å². The largest absolute Gasteiger partial charge is 0.508 e. The number of rotatable bonds is 7. The molecular formula is C39H46F2N6O5. The van der Waals surface area contributed by atoms with E-state index in [2.05, 4.69) is 21.8 Å². The number of hydrogen-bond donors (Lipinski definition) is 2. The number of hydrogen-bond acceptors (Lipinski definition) is 10. The van der Waals surface area contributed by atoms with E-state index in [9.17, 15) is 15.0 Å². The first-order valence-corrected chi connectivity index (χ1v) is 18.6. The Hall–Kier alpha value is -4.36. The summed E-state index contributed by atoms with van der Waals surface area (Å²) in [5.74, 6) is -0.873. The lowest BCUT2D eigenvalue weighted by atomic mass is 9.94. The molecule has 2 aromatic heterocycles. The number of aryl methyl sites for hydroxylation is 1. The number of ether oxygens (including phenoxy) is 2. The predicted octanol–water partition coefficient (Wildman–Crippen LogP) is 6.70. The fourth-order valence-electron chi connectivity index (χ4n) is 9.11. The molecule has 2 aromatic carbocycles. The molecule has 4 saturated heterocycles. The van der Waals surface area contributed by atoms with Crippen LogP contribution in [0, 0.1) is 11.6 Å². The molecule has 11 nitrogen and oxygen atoms in total. The highest BCUT2D eigenvalue weighted by atomic mass is 19.1. The Labute approximate surface area is 301 Å². The molecule has 4 fully saturated rings. The number of nitrogens with zero attached hydrogens (tertiary/aromatic N) is 6. The Morgan fingerprint density at radius 1 is 1.06 bits per heavy atom. The van der Waals surface area contributed by atoms with E-state index in [-0.39, 0.29) is 60.0 Å². The van der Waals surface area contributed by atoms with Gasteiger partial charge in [0.15, 0.2) is 12.0 Å². The van der Waals surface area contributed by atoms with E-state index in [4.69, 9.17) is 14.5 Å². The van der Waals surface area contributed by atoms with E-state index in [0.717, 1.165) is 38.6 Å². The molecule has 0 bridgehead atoms. The van der Waals surface area contributed by atoms with Crippen LogP contribution in [-0.2, 0) is 11.2 Å². The monoisotopic (exact) mass is 716 g/mol. The smallest absolute Gasteiger partial charge is 0.411 e. The maximum Gasteiger partial charge on any atom is 0.411 e. The number of piperidine rings is 1. The molecule has 4 aliphatic heterocycles. The molecule has 2 N–H and O–H groups in total. The molecule has 0 aliphatic carbocycles. The van der Waals surface area contributed by atoms with Gasteiger partial charge in [-0.1, -0.05) is 13.0 Å². The summed E-state index contributed by atoms with van der Waals surface area (Å²) in [7, 11) is 0. The van der Waals surface area contributed by atoms with Crippen molar-refractivity contribution in [3.05, 3.63) is 47.7 Å². The molecule has 4 atom stereocenters. The van der Waals surface area contributed by atoms with Gasteiger partial charge in [0.25, 0.3) is 0 Å². The fourth-order valence-corrected chi connectivity index (χ4v) is 9.11. The highest BCUT2D eigenvalue weighted by Crippen LogP contribution is 2.44. The molecule has 0 radical (unpaired) electrons. The topological polar surface area (TPSA) is 124 Å². The summed E-state index contributed by atoms with van der Waals surface area (Å²) < 4.78 is 44.5. The quantitative estimate of drug-likeness (QED) is 0.214. The molecule has 4 aliphatic rings. The maximum absolute atomic E-state index is 17.0. The number of β-amino-alcohol motifs (C(OH)–C–C–N with tert-alkyl or cyclic N) is 1. The van der Waals surface area contributed by atoms with Crippen LogP contribution in [0.25, 0.3) is 32.9 Å². The summed E-state index contributed by atoms with van der Waals surface area (Å²) in [5.41, 5.74) is -0.825. The van der Waals surface area contributed by atoms with Gasteiger partial charge in [0.1, 0.15) is 35.2 Å². The van der Waals surface area contributed by atoms with Crippen LogP contribution in [0.5, 0.6) is 11.8 Å². The van der Waals surface area contributed by atoms with E-state index in [1.165, 1.54) is 24.4 Å². The van der Waals surface area contributed by atoms with Gasteiger partial charge in [-0.2, -0.15) is 9.97 Å². The van der Waals surface area contributed by atoms with Crippen molar-refractivity contribution in [2.75, 3.05) is 37.7 Å². The van der Waals surface area contributed by atoms with Gasteiger partial charge < -0.3 is 29.5 Å². The molecule has 1 unspecified atom stereocenters. The van der Waals surface area contributed by atoms with E-state index in [1.807, 2.05) is 16.7 Å². The Kier molecular flexibility index (Phi) is 8.84. The Morgan fingerprint density at radius 2 is 1.88 bits per heavy atom. The van der Waals surface area contributed by atoms with Crippen LogP contribution >= 0.6 is 0 Å². The normalized spacial score (nSPS) is 26.4. The minimum atomic E-state index is -0.976. The molecule has 8 rings (SSSR count). The Balaban J connectivity index is 1.17. The van der Waals surface area contributed by atoms with Crippen LogP contribution < -0.4 is 9.64 Å². The van der Waals surface area contributed by atoms with Crippen LogP contribution in [0.3, 0.4) is 0 Å². The first-order valence-electron chi connectivity index (χ1n) is 18.6. The summed E-state index contributed by atoms with van der Waals surface area (Å²) >= 11 is 0. The van der Waals surface area contributed by atoms with Crippen molar-refractivity contribution in [2.45, 2.75) is 102 Å². The average Bonchev–Trinajstić information content (AvgIpc) is 3.83. The number of pyridine rings is 1. The van der Waals surface area contributed by atoms with Gasteiger partial charge in [-0.05, 0) is 99.7 Å². The molecule has 276 valence electrons. The molecule has 0 spiro atoms. The SMILES string of the molecule is CCc1c(F)ccc2cc(O)cc(-c3ncc4c(N5CCC[C@@](C)(O)C5)nc(OC[C@@]56CCCN5[C@@H](OC(=O)N5CCCC5C)CC6)nc4c3F)c12. The number of benzene rings is 2. The molecule has 1 amide bonds. The third kappa shape index (κ3) is 6.05. The number of aliphatic hydroxyl groups is 1. The second-order valence-corrected chi connectivity index (χ2v) is 15.4. The van der Waals surface area contributed by atoms with E-state index < -0.39 is 22.8 Å². The minimum absolute atomic E-state index is 0.0163. The van der Waals surface area contributed by atoms with Crippen molar-refractivity contribution >= 4 is 33.6 Å². The number of fused-ring (bicyclic) bond motifs is 3. The number of phenols is 1. The zero-order chi connectivity index (χ0) is 36.4. The van der Waals surface area contributed by atoms with E-state index >= 15 is 8.78 Å². The summed E-state index contributed by atoms with van der Waals surface area (Å²) in [6.45, 7) is 8.21. The van der Waals surface area contributed by atoms with Crippen molar-refractivity contribution in [3.8, 4) is 23.0 Å². The van der Waals surface area contributed by atoms with Gasteiger partial charge in [-0.3, -0.25) is 9.88 Å². The van der Waals surface area contributed by atoms with Gasteiger partial charge >= 0.3 is 12.1 Å². The number of likely N-dealkylation sites (tertiary alicyclic amines) is 1. The van der Waals surface area contributed by atoms with Crippen molar-refractivity contribution in [2.24, 2.45) is 0 Å². The van der Waals surface area contributed by atoms with E-state index in [1.54, 1.807) is 13.0 Å². The standard InChI is InChI=1S/C39H46F2N6O5/c1-4-26-29(40)10-9-24-18-25(48)19-27(31(24)26)33-32(41)34-28(20-42-33)35(45-15-6-12-38(3,50)21-45)44-36(43-34)51-22-39-13-7-17-47(39)30(11-14-39)52-37(49)46-16-5-8-23(46)2/h9-10,18-20,23,30,48,50H,4-8,11-17,21-22H2,1-3H3/t23?,30-,38+,39-/m0/s1. The minimum Gasteiger partial charge on any atom is -0.508 e. The summed E-state index contributed by atoms with van der Waals surface area (Å²) in [6, 6.07) is 5.99. The lowest BCUT2D eigenvalue weighted by molar-refractivity contribution is -0.0360. The van der Waals surface area contributed by atoms with Crippen molar-refractivity contribution in [1.82, 2.24) is 24.8 Å². The second kappa shape index (κ2) is 13.2. The van der Waals surface area contributed by atoms with Crippen molar-refractivity contribution < 1.29 is 33.3 Å². The number of aromatic nitrogens is 3. The van der Waals surface area contributed by atoms with Crippen LogP contribution in [0.4, 0.5) is 19.4 Å². The highest BCUT2D eigenvalue weighted by molar-refractivity contribution is 6.01. The number of aromatic hydroxyl groups is 1. The van der Waals surface area contributed by atoms with Gasteiger partial charge in [0, 0.05) is 50.4 Å². The second-order valence-electron chi connectivity index (χ2n) is 15.4. The number of anilines is 1. The lowest BCUT2D eigenvalue weighted by Crippen LogP contribution is -2.49. The zero-order valence-corrected chi connectivity index (χ0v) is 30.0. The van der Waals surface area contributed by atoms with Gasteiger partial charge in [-0.25, -0.2) is 13.6 Å². The number of carbonyl (C=O) groups is 1. The summed E-state index contributed by atoms with van der Waals surface area (Å²) in [4.78, 5) is 33.0. The molecular weight excluding hydrogens is 670 g/mol. The van der Waals surface area contributed by atoms with Gasteiger partial charge in [0.2, 0.25) is 0 Å². The molecule has 0 saturated carbocycles. The molecule has 13 heteroatoms. The fraction of sp³-hybridized carbons (Fsp3) is 0.538. The van der Waals surface area contributed by atoms with Gasteiger partial charge in [-0.15, -0.1) is 0 Å². The number of carbonyl (C=O) groups excluding carboxylic acids is 1. The molecule has 4 aromatic rings. The number of amides is 1. The molecule has 6 heterocycles.